The number of hydrogen-bond acceptors (Lipinski definition) is 7. The highest BCUT2D eigenvalue weighted by Crippen LogP contribution is 2.41. The molecule has 1 saturated heterocycles. The van der Waals surface area contributed by atoms with E-state index in [1.807, 2.05) is 49.4 Å². The van der Waals surface area contributed by atoms with Crippen LogP contribution < -0.4 is 10.2 Å². The van der Waals surface area contributed by atoms with Gasteiger partial charge in [0.1, 0.15) is 0 Å². The summed E-state index contributed by atoms with van der Waals surface area (Å²) in [5, 5.41) is 13.7. The van der Waals surface area contributed by atoms with E-state index in [1.165, 1.54) is 6.20 Å². The van der Waals surface area contributed by atoms with Crippen LogP contribution in [0.1, 0.15) is 57.4 Å². The highest BCUT2D eigenvalue weighted by Gasteiger charge is 2.45. The molecule has 1 fully saturated rings. The largest absolute Gasteiger partial charge is 0.345 e. The van der Waals surface area contributed by atoms with Crippen LogP contribution in [0.4, 0.5) is 21.8 Å². The van der Waals surface area contributed by atoms with E-state index < -0.39 is 5.82 Å². The minimum atomic E-state index is -0.484. The van der Waals surface area contributed by atoms with Crippen molar-refractivity contribution < 1.29 is 4.39 Å². The lowest BCUT2D eigenvalue weighted by molar-refractivity contribution is -0.0132. The lowest BCUT2D eigenvalue weighted by Gasteiger charge is -2.55. The van der Waals surface area contributed by atoms with Gasteiger partial charge in [-0.25, -0.2) is 9.37 Å². The average molecular weight is 538 g/mol. The van der Waals surface area contributed by atoms with E-state index in [2.05, 4.69) is 67.0 Å². The summed E-state index contributed by atoms with van der Waals surface area (Å²) in [6, 6.07) is 19.8. The summed E-state index contributed by atoms with van der Waals surface area (Å²) in [4.78, 5) is 18.3. The number of para-hydroxylation sites is 1. The molecule has 2 aromatic carbocycles. The second-order valence-electron chi connectivity index (χ2n) is 12.0. The minimum absolute atomic E-state index is 0.0105. The van der Waals surface area contributed by atoms with Gasteiger partial charge >= 0.3 is 0 Å². The van der Waals surface area contributed by atoms with E-state index in [9.17, 15) is 5.26 Å². The molecule has 0 radical (unpaired) electrons. The third kappa shape index (κ3) is 5.47. The molecule has 0 amide bonds. The van der Waals surface area contributed by atoms with Crippen molar-refractivity contribution in [1.29, 1.82) is 5.26 Å². The summed E-state index contributed by atoms with van der Waals surface area (Å²) in [5.41, 5.74) is 3.65. The summed E-state index contributed by atoms with van der Waals surface area (Å²) < 4.78 is 15.6. The number of benzene rings is 2. The van der Waals surface area contributed by atoms with Gasteiger partial charge in [0, 0.05) is 28.2 Å². The van der Waals surface area contributed by atoms with Crippen LogP contribution in [-0.4, -0.2) is 44.0 Å². The number of anilines is 3. The van der Waals surface area contributed by atoms with Gasteiger partial charge in [0.15, 0.2) is 11.6 Å². The van der Waals surface area contributed by atoms with Gasteiger partial charge in [0.2, 0.25) is 5.95 Å². The van der Waals surface area contributed by atoms with Crippen LogP contribution in [0, 0.1) is 24.1 Å². The van der Waals surface area contributed by atoms with Crippen LogP contribution >= 0.6 is 0 Å². The molecule has 8 heteroatoms. The predicted molar refractivity (Wildman–Crippen MR) is 158 cm³/mol. The number of aryl methyl sites for hydroxylation is 1. The number of piperidine rings is 1. The Morgan fingerprint density at radius 2 is 1.77 bits per heavy atom. The summed E-state index contributed by atoms with van der Waals surface area (Å²) in [7, 11) is 2.16. The monoisotopic (exact) mass is 537 g/mol. The van der Waals surface area contributed by atoms with Crippen molar-refractivity contribution >= 4 is 28.4 Å². The molecular formula is C32H36FN7. The van der Waals surface area contributed by atoms with Gasteiger partial charge in [-0.05, 0) is 84.3 Å². The summed E-state index contributed by atoms with van der Waals surface area (Å²) in [6.45, 7) is 11.2. The maximum atomic E-state index is 15.6. The van der Waals surface area contributed by atoms with Crippen LogP contribution in [-0.2, 0) is 6.54 Å². The van der Waals surface area contributed by atoms with Gasteiger partial charge in [-0.1, -0.05) is 30.3 Å². The molecule has 0 saturated carbocycles. The van der Waals surface area contributed by atoms with E-state index in [4.69, 9.17) is 9.97 Å². The molecule has 1 aliphatic rings. The lowest BCUT2D eigenvalue weighted by Crippen LogP contribution is -2.62. The van der Waals surface area contributed by atoms with Crippen molar-refractivity contribution in [1.82, 2.24) is 19.9 Å². The fraction of sp³-hybridized carbons (Fsp3) is 0.375. The number of likely N-dealkylation sites (tertiary alicyclic amines) is 1. The fourth-order valence-electron chi connectivity index (χ4n) is 5.86. The number of hydrogen-bond donors (Lipinski definition) is 1. The van der Waals surface area contributed by atoms with Crippen molar-refractivity contribution in [2.24, 2.45) is 0 Å². The zero-order valence-electron chi connectivity index (χ0n) is 24.0. The number of pyridine rings is 1. The maximum absolute atomic E-state index is 15.6. The number of rotatable bonds is 6. The SMILES string of the molecule is Cc1ccc(Nc2ncc(F)c(N(Cc3ccc4ccccc4n3)C3CC(C)(C)N(C)C(C)(C)C3)n2)cc1C#N. The van der Waals surface area contributed by atoms with Crippen LogP contribution in [0.5, 0.6) is 0 Å². The first kappa shape index (κ1) is 27.5. The van der Waals surface area contributed by atoms with Crippen molar-refractivity contribution in [2.75, 3.05) is 17.3 Å². The summed E-state index contributed by atoms with van der Waals surface area (Å²) >= 11 is 0. The number of nitrogens with one attached hydrogen (secondary N) is 1. The quantitative estimate of drug-likeness (QED) is 0.291. The zero-order valence-corrected chi connectivity index (χ0v) is 24.0. The van der Waals surface area contributed by atoms with Gasteiger partial charge in [-0.2, -0.15) is 10.2 Å². The molecule has 7 nitrogen and oxygen atoms in total. The number of aromatic nitrogens is 3. The van der Waals surface area contributed by atoms with Crippen molar-refractivity contribution in [3.8, 4) is 6.07 Å². The number of fused-ring (bicyclic) bond motifs is 1. The van der Waals surface area contributed by atoms with Gasteiger partial charge in [-0.3, -0.25) is 9.88 Å². The molecule has 4 aromatic rings. The molecule has 1 aliphatic heterocycles. The molecule has 0 spiro atoms. The predicted octanol–water partition coefficient (Wildman–Crippen LogP) is 6.75. The Hall–Kier alpha value is -4.09. The lowest BCUT2D eigenvalue weighted by atomic mass is 9.77. The minimum Gasteiger partial charge on any atom is -0.345 e. The second kappa shape index (κ2) is 10.5. The van der Waals surface area contributed by atoms with E-state index in [0.717, 1.165) is 35.0 Å². The number of nitriles is 1. The molecule has 0 bridgehead atoms. The number of nitrogens with zero attached hydrogens (tertiary/aromatic N) is 6. The summed E-state index contributed by atoms with van der Waals surface area (Å²) in [5.74, 6) is 0.0239. The third-order valence-electron chi connectivity index (χ3n) is 8.33. The molecule has 0 unspecified atom stereocenters. The Labute approximate surface area is 235 Å². The highest BCUT2D eigenvalue weighted by atomic mass is 19.1. The van der Waals surface area contributed by atoms with Crippen molar-refractivity contribution in [2.45, 2.75) is 71.1 Å². The molecule has 0 aliphatic carbocycles. The highest BCUT2D eigenvalue weighted by molar-refractivity contribution is 5.78. The molecule has 40 heavy (non-hydrogen) atoms. The van der Waals surface area contributed by atoms with Crippen molar-refractivity contribution in [3.63, 3.8) is 0 Å². The van der Waals surface area contributed by atoms with Gasteiger partial charge < -0.3 is 10.2 Å². The normalized spacial score (nSPS) is 16.9. The van der Waals surface area contributed by atoms with Crippen LogP contribution in [0.15, 0.2) is 60.8 Å². The van der Waals surface area contributed by atoms with E-state index >= 15 is 4.39 Å². The van der Waals surface area contributed by atoms with Crippen molar-refractivity contribution in [3.05, 3.63) is 83.4 Å². The first-order valence-electron chi connectivity index (χ1n) is 13.6. The Morgan fingerprint density at radius 1 is 1.05 bits per heavy atom. The second-order valence-corrected chi connectivity index (χ2v) is 12.0. The fourth-order valence-corrected chi connectivity index (χ4v) is 5.86. The standard InChI is InChI=1S/C32H36FN7/c1-21-11-13-24(15-23(21)18-34)37-30-35-19-27(33)29(38-30)40(26-16-31(2,3)39(6)32(4,5)17-26)20-25-14-12-22-9-7-8-10-28(22)36-25/h7-15,19,26H,16-17,20H2,1-6H3,(H,35,37,38). The Morgan fingerprint density at radius 3 is 2.50 bits per heavy atom. The van der Waals surface area contributed by atoms with E-state index in [0.29, 0.717) is 17.8 Å². The molecule has 2 aromatic heterocycles. The van der Waals surface area contributed by atoms with Crippen LogP contribution in [0.3, 0.4) is 0 Å². The molecule has 5 rings (SSSR count). The first-order valence-corrected chi connectivity index (χ1v) is 13.6. The zero-order chi connectivity index (χ0) is 28.7. The smallest absolute Gasteiger partial charge is 0.229 e. The molecule has 3 heterocycles. The molecule has 0 atom stereocenters. The van der Waals surface area contributed by atoms with Gasteiger partial charge in [0.25, 0.3) is 0 Å². The average Bonchev–Trinajstić information content (AvgIpc) is 2.92. The Bertz CT molecular complexity index is 1570. The molecule has 1 N–H and O–H groups in total. The Balaban J connectivity index is 1.55. The maximum Gasteiger partial charge on any atom is 0.229 e. The van der Waals surface area contributed by atoms with Crippen LogP contribution in [0.25, 0.3) is 10.9 Å². The van der Waals surface area contributed by atoms with Gasteiger partial charge in [0.05, 0.1) is 35.6 Å². The third-order valence-corrected chi connectivity index (χ3v) is 8.33. The topological polar surface area (TPSA) is 81.0 Å². The van der Waals surface area contributed by atoms with Gasteiger partial charge in [-0.15, -0.1) is 0 Å². The summed E-state index contributed by atoms with van der Waals surface area (Å²) in [6.07, 6.45) is 2.88. The van der Waals surface area contributed by atoms with Crippen LogP contribution in [0.2, 0.25) is 0 Å². The number of halogens is 1. The molecule has 206 valence electrons. The van der Waals surface area contributed by atoms with E-state index in [1.54, 1.807) is 6.07 Å². The van der Waals surface area contributed by atoms with E-state index in [-0.39, 0.29) is 28.9 Å². The first-order chi connectivity index (χ1) is 19.0. The Kier molecular flexibility index (Phi) is 7.19. The molecular weight excluding hydrogens is 501 g/mol.